The van der Waals surface area contributed by atoms with E-state index in [-0.39, 0.29) is 42.7 Å². The minimum atomic E-state index is -3.83. The molecule has 1 saturated heterocycles. The lowest BCUT2D eigenvalue weighted by molar-refractivity contribution is 0.0699. The zero-order valence-corrected chi connectivity index (χ0v) is 21.1. The minimum absolute atomic E-state index is 0.0510. The van der Waals surface area contributed by atoms with E-state index in [1.165, 1.54) is 24.6 Å². The SMILES string of the molecule is COc1ccc(OC)c(S(=O)(=O)N2CCN(C(=O)c3cc(C4CC4)nc4c3c(C)nn4C)CC2)c1. The average molecular weight is 500 g/mol. The molecule has 1 amide bonds. The number of hydrogen-bond acceptors (Lipinski definition) is 7. The van der Waals surface area contributed by atoms with Crippen molar-refractivity contribution in [2.24, 2.45) is 7.05 Å². The van der Waals surface area contributed by atoms with Crippen LogP contribution in [0.4, 0.5) is 0 Å². The van der Waals surface area contributed by atoms with Gasteiger partial charge in [-0.3, -0.25) is 9.48 Å². The molecule has 186 valence electrons. The third kappa shape index (κ3) is 4.12. The summed E-state index contributed by atoms with van der Waals surface area (Å²) in [6.07, 6.45) is 2.15. The molecule has 10 nitrogen and oxygen atoms in total. The van der Waals surface area contributed by atoms with E-state index < -0.39 is 10.0 Å². The number of benzene rings is 1. The Balaban J connectivity index is 1.40. The Morgan fingerprint density at radius 1 is 1.06 bits per heavy atom. The first-order chi connectivity index (χ1) is 16.7. The number of nitrogens with zero attached hydrogens (tertiary/aromatic N) is 5. The van der Waals surface area contributed by atoms with Gasteiger partial charge in [0.05, 0.1) is 30.9 Å². The van der Waals surface area contributed by atoms with Crippen LogP contribution in [0.2, 0.25) is 0 Å². The first-order valence-corrected chi connectivity index (χ1v) is 13.0. The molecule has 0 unspecified atom stereocenters. The molecule has 1 aromatic carbocycles. The van der Waals surface area contributed by atoms with Gasteiger partial charge in [-0.25, -0.2) is 13.4 Å². The number of carbonyl (C=O) groups is 1. The number of amides is 1. The summed E-state index contributed by atoms with van der Waals surface area (Å²) in [5, 5.41) is 5.24. The molecule has 2 fully saturated rings. The lowest BCUT2D eigenvalue weighted by atomic mass is 10.1. The number of carbonyl (C=O) groups excluding carboxylic acids is 1. The van der Waals surface area contributed by atoms with Crippen LogP contribution in [0.25, 0.3) is 11.0 Å². The van der Waals surface area contributed by atoms with Gasteiger partial charge in [-0.2, -0.15) is 9.40 Å². The standard InChI is InChI=1S/C24H29N5O5S/c1-15-22-18(14-19(16-5-6-16)25-23(22)27(2)26-15)24(30)28-9-11-29(12-10-28)35(31,32)21-13-17(33-3)7-8-20(21)34-4/h7-8,13-14,16H,5-6,9-12H2,1-4H3. The minimum Gasteiger partial charge on any atom is -0.497 e. The lowest BCUT2D eigenvalue weighted by Gasteiger charge is -2.34. The van der Waals surface area contributed by atoms with E-state index in [2.05, 4.69) is 5.10 Å². The van der Waals surface area contributed by atoms with E-state index in [4.69, 9.17) is 14.5 Å². The number of sulfonamides is 1. The Kier molecular flexibility index (Phi) is 5.92. The Hall–Kier alpha value is -3.18. The van der Waals surface area contributed by atoms with Gasteiger partial charge in [-0.1, -0.05) is 0 Å². The molecule has 0 atom stereocenters. The molecule has 5 rings (SSSR count). The van der Waals surface area contributed by atoms with Crippen LogP contribution in [-0.2, 0) is 17.1 Å². The smallest absolute Gasteiger partial charge is 0.254 e. The largest absolute Gasteiger partial charge is 0.497 e. The average Bonchev–Trinajstić information content (AvgIpc) is 3.68. The number of fused-ring (bicyclic) bond motifs is 1. The summed E-state index contributed by atoms with van der Waals surface area (Å²) in [6.45, 7) is 2.82. The molecule has 2 aromatic heterocycles. The molecular formula is C24H29N5O5S. The van der Waals surface area contributed by atoms with Gasteiger partial charge in [-0.05, 0) is 38.0 Å². The molecule has 1 aliphatic heterocycles. The second-order valence-electron chi connectivity index (χ2n) is 8.99. The third-order valence-electron chi connectivity index (χ3n) is 6.73. The fourth-order valence-electron chi connectivity index (χ4n) is 4.65. The molecule has 0 radical (unpaired) electrons. The highest BCUT2D eigenvalue weighted by Gasteiger charge is 2.34. The Bertz CT molecular complexity index is 1410. The molecule has 0 spiro atoms. The normalized spacial score (nSPS) is 17.1. The van der Waals surface area contributed by atoms with Gasteiger partial charge in [0.25, 0.3) is 5.91 Å². The van der Waals surface area contributed by atoms with Crippen molar-refractivity contribution in [3.8, 4) is 11.5 Å². The number of rotatable bonds is 6. The number of pyridine rings is 1. The maximum Gasteiger partial charge on any atom is 0.254 e. The number of piperazine rings is 1. The maximum atomic E-state index is 13.6. The molecule has 1 saturated carbocycles. The van der Waals surface area contributed by atoms with Crippen molar-refractivity contribution in [3.05, 3.63) is 41.2 Å². The molecule has 11 heteroatoms. The number of methoxy groups -OCH3 is 2. The number of aryl methyl sites for hydroxylation is 2. The van der Waals surface area contributed by atoms with Crippen LogP contribution in [0.3, 0.4) is 0 Å². The molecular weight excluding hydrogens is 470 g/mol. The van der Waals surface area contributed by atoms with E-state index in [0.717, 1.165) is 29.6 Å². The fourth-order valence-corrected chi connectivity index (χ4v) is 6.24. The third-order valence-corrected chi connectivity index (χ3v) is 8.65. The number of aromatic nitrogens is 3. The molecule has 2 aliphatic rings. The topological polar surface area (TPSA) is 107 Å². The second kappa shape index (κ2) is 8.80. The van der Waals surface area contributed by atoms with Crippen LogP contribution < -0.4 is 9.47 Å². The Morgan fingerprint density at radius 2 is 1.77 bits per heavy atom. The molecule has 3 heterocycles. The van der Waals surface area contributed by atoms with Gasteiger partial charge < -0.3 is 14.4 Å². The van der Waals surface area contributed by atoms with Crippen LogP contribution in [0.1, 0.15) is 40.5 Å². The molecule has 35 heavy (non-hydrogen) atoms. The van der Waals surface area contributed by atoms with Gasteiger partial charge in [0.2, 0.25) is 10.0 Å². The monoisotopic (exact) mass is 499 g/mol. The molecule has 3 aromatic rings. The Labute approximate surface area is 204 Å². The zero-order valence-electron chi connectivity index (χ0n) is 20.3. The van der Waals surface area contributed by atoms with E-state index in [0.29, 0.717) is 22.9 Å². The van der Waals surface area contributed by atoms with Crippen molar-refractivity contribution < 1.29 is 22.7 Å². The van der Waals surface area contributed by atoms with Gasteiger partial charge >= 0.3 is 0 Å². The van der Waals surface area contributed by atoms with E-state index >= 15 is 0 Å². The van der Waals surface area contributed by atoms with Crippen molar-refractivity contribution in [1.29, 1.82) is 0 Å². The van der Waals surface area contributed by atoms with Gasteiger partial charge in [0.1, 0.15) is 16.4 Å². The van der Waals surface area contributed by atoms with Crippen LogP contribution in [-0.4, -0.2) is 78.7 Å². The van der Waals surface area contributed by atoms with E-state index in [1.807, 2.05) is 20.0 Å². The summed E-state index contributed by atoms with van der Waals surface area (Å²) in [5.41, 5.74) is 2.98. The van der Waals surface area contributed by atoms with Crippen molar-refractivity contribution >= 4 is 27.0 Å². The lowest BCUT2D eigenvalue weighted by Crippen LogP contribution is -2.50. The highest BCUT2D eigenvalue weighted by Crippen LogP contribution is 2.40. The van der Waals surface area contributed by atoms with Crippen LogP contribution >= 0.6 is 0 Å². The van der Waals surface area contributed by atoms with Crippen molar-refractivity contribution in [3.63, 3.8) is 0 Å². The number of hydrogen-bond donors (Lipinski definition) is 0. The Morgan fingerprint density at radius 3 is 2.40 bits per heavy atom. The fraction of sp³-hybridized carbons (Fsp3) is 0.458. The van der Waals surface area contributed by atoms with Crippen molar-refractivity contribution in [2.75, 3.05) is 40.4 Å². The quantitative estimate of drug-likeness (QED) is 0.512. The van der Waals surface area contributed by atoms with Crippen LogP contribution in [0, 0.1) is 6.92 Å². The summed E-state index contributed by atoms with van der Waals surface area (Å²) in [6, 6.07) is 6.60. The first-order valence-electron chi connectivity index (χ1n) is 11.6. The highest BCUT2D eigenvalue weighted by molar-refractivity contribution is 7.89. The summed E-state index contributed by atoms with van der Waals surface area (Å²) >= 11 is 0. The van der Waals surface area contributed by atoms with E-state index in [1.54, 1.807) is 21.7 Å². The summed E-state index contributed by atoms with van der Waals surface area (Å²) in [5.74, 6) is 0.953. The van der Waals surface area contributed by atoms with E-state index in [9.17, 15) is 13.2 Å². The summed E-state index contributed by atoms with van der Waals surface area (Å²) in [7, 11) is 0.922. The second-order valence-corrected chi connectivity index (χ2v) is 10.9. The highest BCUT2D eigenvalue weighted by atomic mass is 32.2. The number of ether oxygens (including phenoxy) is 2. The summed E-state index contributed by atoms with van der Waals surface area (Å²) in [4.78, 5) is 20.2. The van der Waals surface area contributed by atoms with Gasteiger partial charge in [0, 0.05) is 50.9 Å². The van der Waals surface area contributed by atoms with Crippen LogP contribution in [0.5, 0.6) is 11.5 Å². The molecule has 0 N–H and O–H groups in total. The van der Waals surface area contributed by atoms with Crippen molar-refractivity contribution in [2.45, 2.75) is 30.6 Å². The maximum absolute atomic E-state index is 13.6. The predicted molar refractivity (Wildman–Crippen MR) is 129 cm³/mol. The van der Waals surface area contributed by atoms with Crippen LogP contribution in [0.15, 0.2) is 29.2 Å². The zero-order chi connectivity index (χ0) is 24.9. The predicted octanol–water partition coefficient (Wildman–Crippen LogP) is 2.32. The van der Waals surface area contributed by atoms with Gasteiger partial charge in [-0.15, -0.1) is 0 Å². The van der Waals surface area contributed by atoms with Gasteiger partial charge in [0.15, 0.2) is 5.65 Å². The van der Waals surface area contributed by atoms with Crippen molar-refractivity contribution in [1.82, 2.24) is 24.0 Å². The molecule has 0 bridgehead atoms. The molecule has 1 aliphatic carbocycles. The first kappa shape index (κ1) is 23.6. The summed E-state index contributed by atoms with van der Waals surface area (Å²) < 4.78 is 40.4.